The number of nitrogens with one attached hydrogen (secondary N) is 1. The van der Waals surface area contributed by atoms with Crippen LogP contribution in [0.4, 0.5) is 0 Å². The van der Waals surface area contributed by atoms with Crippen LogP contribution in [-0.2, 0) is 36.8 Å². The van der Waals surface area contributed by atoms with Crippen molar-refractivity contribution in [2.24, 2.45) is 5.73 Å². The second-order valence-electron chi connectivity index (χ2n) is 8.61. The van der Waals surface area contributed by atoms with Gasteiger partial charge >= 0.3 is 0 Å². The topological polar surface area (TPSA) is 123 Å². The molecular formula is C21H41N5O5. The number of ether oxygens (including phenoxy) is 4. The summed E-state index contributed by atoms with van der Waals surface area (Å²) in [5, 5.41) is 10.8. The first-order valence-corrected chi connectivity index (χ1v) is 10.9. The predicted octanol–water partition coefficient (Wildman–Crippen LogP) is 1.28. The zero-order valence-corrected chi connectivity index (χ0v) is 19.8. The highest BCUT2D eigenvalue weighted by molar-refractivity contribution is 5.72. The van der Waals surface area contributed by atoms with Crippen LogP contribution in [0.15, 0.2) is 6.20 Å². The fourth-order valence-electron chi connectivity index (χ4n) is 2.60. The second kappa shape index (κ2) is 14.5. The molecule has 180 valence electrons. The van der Waals surface area contributed by atoms with E-state index in [4.69, 9.17) is 24.7 Å². The molecule has 1 heterocycles. The normalized spacial score (nSPS) is 12.3. The van der Waals surface area contributed by atoms with Gasteiger partial charge in [0.1, 0.15) is 5.69 Å². The van der Waals surface area contributed by atoms with Crippen LogP contribution in [0.2, 0.25) is 0 Å². The number of carbonyl (C=O) groups is 1. The molecule has 0 saturated heterocycles. The molecule has 0 spiro atoms. The van der Waals surface area contributed by atoms with Crippen LogP contribution < -0.4 is 11.1 Å². The highest BCUT2D eigenvalue weighted by Crippen LogP contribution is 2.16. The van der Waals surface area contributed by atoms with Crippen molar-refractivity contribution in [3.05, 3.63) is 11.9 Å². The number of nitrogens with zero attached hydrogens (tertiary/aromatic N) is 3. The van der Waals surface area contributed by atoms with E-state index in [0.29, 0.717) is 59.3 Å². The van der Waals surface area contributed by atoms with Gasteiger partial charge in [-0.2, -0.15) is 0 Å². The van der Waals surface area contributed by atoms with Gasteiger partial charge in [0, 0.05) is 26.7 Å². The van der Waals surface area contributed by atoms with Crippen molar-refractivity contribution in [3.8, 4) is 0 Å². The van der Waals surface area contributed by atoms with Crippen LogP contribution in [0.25, 0.3) is 0 Å². The summed E-state index contributed by atoms with van der Waals surface area (Å²) in [6.45, 7) is 14.6. The van der Waals surface area contributed by atoms with E-state index in [0.717, 1.165) is 18.5 Å². The lowest BCUT2D eigenvalue weighted by Gasteiger charge is -2.26. The summed E-state index contributed by atoms with van der Waals surface area (Å²) in [5.74, 6) is -0.0925. The van der Waals surface area contributed by atoms with Crippen molar-refractivity contribution >= 4 is 5.91 Å². The molecule has 0 atom stereocenters. The summed E-state index contributed by atoms with van der Waals surface area (Å²) in [6, 6.07) is 0. The molecular weight excluding hydrogens is 402 g/mol. The highest BCUT2D eigenvalue weighted by Gasteiger charge is 2.19. The van der Waals surface area contributed by atoms with Gasteiger partial charge in [-0.1, -0.05) is 5.21 Å². The van der Waals surface area contributed by atoms with Gasteiger partial charge in [0.25, 0.3) is 0 Å². The summed E-state index contributed by atoms with van der Waals surface area (Å²) in [4.78, 5) is 10.9. The van der Waals surface area contributed by atoms with Crippen molar-refractivity contribution in [2.45, 2.75) is 71.8 Å². The molecule has 0 bridgehead atoms. The Labute approximate surface area is 186 Å². The fourth-order valence-corrected chi connectivity index (χ4v) is 2.60. The molecule has 0 radical (unpaired) electrons. The van der Waals surface area contributed by atoms with Crippen molar-refractivity contribution in [1.82, 2.24) is 20.3 Å². The molecule has 10 nitrogen and oxygen atoms in total. The van der Waals surface area contributed by atoms with Crippen LogP contribution >= 0.6 is 0 Å². The largest absolute Gasteiger partial charge is 0.380 e. The van der Waals surface area contributed by atoms with Crippen molar-refractivity contribution in [1.29, 1.82) is 0 Å². The zero-order valence-electron chi connectivity index (χ0n) is 19.8. The number of carbonyl (C=O) groups excluding carboxylic acids is 1. The first kappa shape index (κ1) is 27.4. The number of hydrogen-bond acceptors (Lipinski definition) is 8. The molecule has 1 aromatic heterocycles. The summed E-state index contributed by atoms with van der Waals surface area (Å²) in [7, 11) is 0. The molecule has 0 aliphatic heterocycles. The molecule has 0 aromatic carbocycles. The third-order valence-corrected chi connectivity index (χ3v) is 4.60. The van der Waals surface area contributed by atoms with E-state index < -0.39 is 0 Å². The third-order valence-electron chi connectivity index (χ3n) is 4.60. The number of amides is 1. The molecule has 0 aliphatic rings. The Morgan fingerprint density at radius 1 is 1.00 bits per heavy atom. The van der Waals surface area contributed by atoms with Crippen LogP contribution in [0.1, 0.15) is 53.2 Å². The monoisotopic (exact) mass is 443 g/mol. The maximum Gasteiger partial charge on any atom is 0.217 e. The van der Waals surface area contributed by atoms with Gasteiger partial charge in [0.15, 0.2) is 0 Å². The van der Waals surface area contributed by atoms with Crippen molar-refractivity contribution in [2.75, 3.05) is 46.2 Å². The maximum absolute atomic E-state index is 10.9. The molecule has 0 unspecified atom stereocenters. The number of hydrogen-bond donors (Lipinski definition) is 2. The Morgan fingerprint density at radius 3 is 2.23 bits per heavy atom. The standard InChI is InChI=1S/C21H41N5O5/c1-18(27)23-16-19-17-26(25-24-19)9-13-30-20(2,3)7-11-29-14-15-31-21(4,5)6-10-28-12-8-22/h17H,6-16,22H2,1-5H3,(H,23,27). The van der Waals surface area contributed by atoms with Gasteiger partial charge in [-0.25, -0.2) is 4.68 Å². The summed E-state index contributed by atoms with van der Waals surface area (Å²) < 4.78 is 24.7. The van der Waals surface area contributed by atoms with Gasteiger partial charge < -0.3 is 30.0 Å². The number of aromatic nitrogens is 3. The second-order valence-corrected chi connectivity index (χ2v) is 8.61. The quantitative estimate of drug-likeness (QED) is 0.325. The molecule has 1 amide bonds. The Morgan fingerprint density at radius 2 is 1.61 bits per heavy atom. The summed E-state index contributed by atoms with van der Waals surface area (Å²) >= 11 is 0. The summed E-state index contributed by atoms with van der Waals surface area (Å²) in [6.07, 6.45) is 3.39. The number of nitrogens with two attached hydrogens (primary N) is 1. The van der Waals surface area contributed by atoms with Gasteiger partial charge in [0.05, 0.1) is 56.9 Å². The van der Waals surface area contributed by atoms with E-state index in [1.807, 2.05) is 27.7 Å². The van der Waals surface area contributed by atoms with Gasteiger partial charge in [-0.3, -0.25) is 4.79 Å². The van der Waals surface area contributed by atoms with E-state index >= 15 is 0 Å². The van der Waals surface area contributed by atoms with Crippen LogP contribution in [-0.4, -0.2) is 78.3 Å². The van der Waals surface area contributed by atoms with E-state index in [9.17, 15) is 4.79 Å². The Hall–Kier alpha value is -1.59. The minimum absolute atomic E-state index is 0.0925. The fraction of sp³-hybridized carbons (Fsp3) is 0.857. The van der Waals surface area contributed by atoms with Crippen LogP contribution in [0.3, 0.4) is 0 Å². The minimum atomic E-state index is -0.306. The molecule has 1 rings (SSSR count). The van der Waals surface area contributed by atoms with E-state index in [-0.39, 0.29) is 17.1 Å². The molecule has 0 fully saturated rings. The Kier molecular flexibility index (Phi) is 12.8. The van der Waals surface area contributed by atoms with Gasteiger partial charge in [-0.15, -0.1) is 5.10 Å². The first-order valence-electron chi connectivity index (χ1n) is 10.9. The lowest BCUT2D eigenvalue weighted by Crippen LogP contribution is -2.30. The predicted molar refractivity (Wildman–Crippen MR) is 118 cm³/mol. The van der Waals surface area contributed by atoms with E-state index in [1.165, 1.54) is 6.92 Å². The SMILES string of the molecule is CC(=O)NCc1cn(CCOC(C)(C)CCOCCOC(C)(C)CCOCCN)nn1. The Balaban J connectivity index is 2.11. The highest BCUT2D eigenvalue weighted by atomic mass is 16.5. The molecule has 10 heteroatoms. The zero-order chi connectivity index (χ0) is 23.2. The minimum Gasteiger partial charge on any atom is -0.380 e. The summed E-state index contributed by atoms with van der Waals surface area (Å²) in [5.41, 5.74) is 5.58. The average Bonchev–Trinajstić information content (AvgIpc) is 3.14. The van der Waals surface area contributed by atoms with Crippen molar-refractivity contribution in [3.63, 3.8) is 0 Å². The van der Waals surface area contributed by atoms with E-state index in [1.54, 1.807) is 10.9 Å². The first-order chi connectivity index (χ1) is 14.6. The molecule has 31 heavy (non-hydrogen) atoms. The van der Waals surface area contributed by atoms with Crippen LogP contribution in [0, 0.1) is 0 Å². The molecule has 0 saturated carbocycles. The van der Waals surface area contributed by atoms with Gasteiger partial charge in [0.2, 0.25) is 5.91 Å². The lowest BCUT2D eigenvalue weighted by molar-refractivity contribution is -0.119. The maximum atomic E-state index is 10.9. The molecule has 1 aromatic rings. The molecule has 0 aliphatic carbocycles. The average molecular weight is 444 g/mol. The lowest BCUT2D eigenvalue weighted by atomic mass is 10.1. The van der Waals surface area contributed by atoms with Crippen LogP contribution in [0.5, 0.6) is 0 Å². The number of rotatable bonds is 18. The third kappa shape index (κ3) is 14.2. The van der Waals surface area contributed by atoms with Crippen molar-refractivity contribution < 1.29 is 23.7 Å². The smallest absolute Gasteiger partial charge is 0.217 e. The molecule has 3 N–H and O–H groups in total. The van der Waals surface area contributed by atoms with E-state index in [2.05, 4.69) is 15.6 Å². The Bertz CT molecular complexity index is 621. The van der Waals surface area contributed by atoms with Gasteiger partial charge in [-0.05, 0) is 40.5 Å².